The van der Waals surface area contributed by atoms with Gasteiger partial charge in [-0.2, -0.15) is 0 Å². The number of fused-ring (bicyclic) bond motifs is 1. The maximum absolute atomic E-state index is 5.53. The molecule has 0 saturated carbocycles. The third-order valence-corrected chi connectivity index (χ3v) is 4.06. The lowest BCUT2D eigenvalue weighted by Crippen LogP contribution is -2.25. The van der Waals surface area contributed by atoms with E-state index >= 15 is 0 Å². The average molecular weight is 344 g/mol. The van der Waals surface area contributed by atoms with Gasteiger partial charge in [0.25, 0.3) is 0 Å². The number of nitrogens with zero attached hydrogens (tertiary/aromatic N) is 2. The van der Waals surface area contributed by atoms with Crippen molar-refractivity contribution >= 4 is 0 Å². The lowest BCUT2D eigenvalue weighted by atomic mass is 10.1. The van der Waals surface area contributed by atoms with Crippen molar-refractivity contribution in [2.45, 2.75) is 19.5 Å². The van der Waals surface area contributed by atoms with Crippen molar-refractivity contribution in [3.8, 4) is 17.2 Å². The summed E-state index contributed by atoms with van der Waals surface area (Å²) in [6, 6.07) is 10.0. The topological polar surface area (TPSA) is 53.1 Å². The van der Waals surface area contributed by atoms with E-state index in [2.05, 4.69) is 9.88 Å². The number of aromatic nitrogens is 1. The van der Waals surface area contributed by atoms with E-state index in [0.29, 0.717) is 11.5 Å². The third kappa shape index (κ3) is 4.61. The Labute approximate surface area is 148 Å². The van der Waals surface area contributed by atoms with E-state index in [0.717, 1.165) is 49.7 Å². The van der Waals surface area contributed by atoms with Crippen molar-refractivity contribution in [2.24, 2.45) is 0 Å². The number of ether oxygens (including phenoxy) is 4. The minimum Gasteiger partial charge on any atom is -0.493 e. The molecule has 0 N–H and O–H groups in total. The molecule has 0 aliphatic carbocycles. The molecule has 0 atom stereocenters. The molecule has 0 amide bonds. The first-order chi connectivity index (χ1) is 12.3. The van der Waals surface area contributed by atoms with Gasteiger partial charge in [-0.15, -0.1) is 0 Å². The first-order valence-corrected chi connectivity index (χ1v) is 8.38. The number of hydrogen-bond donors (Lipinski definition) is 0. The van der Waals surface area contributed by atoms with Crippen LogP contribution in [0.2, 0.25) is 0 Å². The predicted octanol–water partition coefficient (Wildman–Crippen LogP) is 2.86. The van der Waals surface area contributed by atoms with Crippen LogP contribution in [0, 0.1) is 0 Å². The van der Waals surface area contributed by atoms with E-state index < -0.39 is 0 Å². The first-order valence-electron chi connectivity index (χ1n) is 8.38. The third-order valence-electron chi connectivity index (χ3n) is 4.06. The number of hydrogen-bond acceptors (Lipinski definition) is 6. The van der Waals surface area contributed by atoms with E-state index in [1.807, 2.05) is 36.5 Å². The van der Waals surface area contributed by atoms with Crippen molar-refractivity contribution in [2.75, 3.05) is 34.2 Å². The normalized spacial score (nSPS) is 12.6. The van der Waals surface area contributed by atoms with Crippen LogP contribution in [0.5, 0.6) is 17.2 Å². The largest absolute Gasteiger partial charge is 0.493 e. The second-order valence-corrected chi connectivity index (χ2v) is 5.91. The van der Waals surface area contributed by atoms with Crippen LogP contribution in [0.4, 0.5) is 0 Å². The molecule has 0 saturated heterocycles. The van der Waals surface area contributed by atoms with Crippen molar-refractivity contribution in [3.05, 3.63) is 47.8 Å². The molecule has 25 heavy (non-hydrogen) atoms. The van der Waals surface area contributed by atoms with Gasteiger partial charge in [0.1, 0.15) is 0 Å². The molecular weight excluding hydrogens is 320 g/mol. The minimum absolute atomic E-state index is 0.237. The van der Waals surface area contributed by atoms with Gasteiger partial charge in [-0.25, -0.2) is 0 Å². The van der Waals surface area contributed by atoms with Crippen LogP contribution in [-0.2, 0) is 17.8 Å². The highest BCUT2D eigenvalue weighted by Gasteiger charge is 2.21. The van der Waals surface area contributed by atoms with Gasteiger partial charge in [-0.05, 0) is 36.2 Å². The van der Waals surface area contributed by atoms with Crippen LogP contribution in [0.3, 0.4) is 0 Å². The summed E-state index contributed by atoms with van der Waals surface area (Å²) in [5, 5.41) is 0. The van der Waals surface area contributed by atoms with Crippen LogP contribution in [-0.4, -0.2) is 44.0 Å². The molecule has 6 heteroatoms. The molecular formula is C19H24N2O4. The van der Waals surface area contributed by atoms with Crippen molar-refractivity contribution in [3.63, 3.8) is 0 Å². The van der Waals surface area contributed by atoms with Gasteiger partial charge in [-0.3, -0.25) is 9.88 Å². The highest BCUT2D eigenvalue weighted by Crippen LogP contribution is 2.42. The highest BCUT2D eigenvalue weighted by molar-refractivity contribution is 5.55. The molecule has 1 aliphatic rings. The summed E-state index contributed by atoms with van der Waals surface area (Å²) in [5.41, 5.74) is 2.17. The Hall–Kier alpha value is -2.31. The Morgan fingerprint density at radius 1 is 1.16 bits per heavy atom. The van der Waals surface area contributed by atoms with Crippen LogP contribution in [0.25, 0.3) is 0 Å². The summed E-state index contributed by atoms with van der Waals surface area (Å²) in [6.45, 7) is 3.44. The minimum atomic E-state index is 0.237. The number of pyridine rings is 1. The predicted molar refractivity (Wildman–Crippen MR) is 94.0 cm³/mol. The summed E-state index contributed by atoms with van der Waals surface area (Å²) in [7, 11) is 3.37. The lowest BCUT2D eigenvalue weighted by molar-refractivity contribution is 0.165. The Kier molecular flexibility index (Phi) is 6.09. The first kappa shape index (κ1) is 17.5. The van der Waals surface area contributed by atoms with E-state index in [1.54, 1.807) is 14.2 Å². The monoisotopic (exact) mass is 344 g/mol. The molecule has 1 aliphatic heterocycles. The second kappa shape index (κ2) is 8.69. The van der Waals surface area contributed by atoms with Crippen LogP contribution >= 0.6 is 0 Å². The van der Waals surface area contributed by atoms with Gasteiger partial charge < -0.3 is 18.9 Å². The number of methoxy groups -OCH3 is 2. The zero-order chi connectivity index (χ0) is 17.5. The number of rotatable bonds is 9. The van der Waals surface area contributed by atoms with Crippen molar-refractivity contribution < 1.29 is 18.9 Å². The number of benzene rings is 1. The van der Waals surface area contributed by atoms with Crippen LogP contribution < -0.4 is 14.2 Å². The Morgan fingerprint density at radius 2 is 2.08 bits per heavy atom. The Morgan fingerprint density at radius 3 is 2.84 bits per heavy atom. The lowest BCUT2D eigenvalue weighted by Gasteiger charge is -2.22. The summed E-state index contributed by atoms with van der Waals surface area (Å²) in [6.07, 6.45) is 2.79. The molecule has 0 radical (unpaired) electrons. The second-order valence-electron chi connectivity index (χ2n) is 5.91. The quantitative estimate of drug-likeness (QED) is 0.652. The summed E-state index contributed by atoms with van der Waals surface area (Å²) < 4.78 is 21.6. The molecule has 1 aromatic carbocycles. The molecule has 1 aromatic heterocycles. The molecule has 0 spiro atoms. The van der Waals surface area contributed by atoms with Crippen LogP contribution in [0.1, 0.15) is 17.7 Å². The molecule has 134 valence electrons. The molecule has 0 unspecified atom stereocenters. The Bertz CT molecular complexity index is 679. The molecule has 6 nitrogen and oxygen atoms in total. The Balaban J connectivity index is 1.74. The smallest absolute Gasteiger partial charge is 0.231 e. The molecule has 2 heterocycles. The highest BCUT2D eigenvalue weighted by atomic mass is 16.7. The molecule has 3 rings (SSSR count). The van der Waals surface area contributed by atoms with E-state index in [4.69, 9.17) is 18.9 Å². The van der Waals surface area contributed by atoms with Crippen molar-refractivity contribution in [1.29, 1.82) is 0 Å². The van der Waals surface area contributed by atoms with E-state index in [-0.39, 0.29) is 6.79 Å². The fraction of sp³-hybridized carbons (Fsp3) is 0.421. The standard InChI is InChI=1S/C19H24N2O4/c1-22-9-5-8-21(13-16-6-3-4-7-20-16)12-15-10-17(23-2)19-18(11-15)24-14-25-19/h3-4,6-7,10-11H,5,8-9,12-14H2,1-2H3. The van der Waals surface area contributed by atoms with Gasteiger partial charge in [-0.1, -0.05) is 6.07 Å². The van der Waals surface area contributed by atoms with Crippen LogP contribution in [0.15, 0.2) is 36.5 Å². The van der Waals surface area contributed by atoms with Gasteiger partial charge in [0, 0.05) is 39.5 Å². The SMILES string of the molecule is COCCCN(Cc1cc(OC)c2c(c1)OCO2)Cc1ccccn1. The summed E-state index contributed by atoms with van der Waals surface area (Å²) >= 11 is 0. The maximum Gasteiger partial charge on any atom is 0.231 e. The fourth-order valence-electron chi connectivity index (χ4n) is 2.90. The molecule has 0 bridgehead atoms. The molecule has 2 aromatic rings. The van der Waals surface area contributed by atoms with E-state index in [1.165, 1.54) is 0 Å². The average Bonchev–Trinajstić information content (AvgIpc) is 3.10. The summed E-state index contributed by atoms with van der Waals surface area (Å²) in [4.78, 5) is 6.78. The van der Waals surface area contributed by atoms with Gasteiger partial charge in [0.15, 0.2) is 11.5 Å². The van der Waals surface area contributed by atoms with E-state index in [9.17, 15) is 0 Å². The zero-order valence-corrected chi connectivity index (χ0v) is 14.7. The van der Waals surface area contributed by atoms with Gasteiger partial charge in [0.05, 0.1) is 12.8 Å². The zero-order valence-electron chi connectivity index (χ0n) is 14.7. The fourth-order valence-corrected chi connectivity index (χ4v) is 2.90. The van der Waals surface area contributed by atoms with Gasteiger partial charge in [0.2, 0.25) is 12.5 Å². The van der Waals surface area contributed by atoms with Crippen molar-refractivity contribution in [1.82, 2.24) is 9.88 Å². The maximum atomic E-state index is 5.53. The molecule has 0 fully saturated rings. The van der Waals surface area contributed by atoms with Gasteiger partial charge >= 0.3 is 0 Å². The summed E-state index contributed by atoms with van der Waals surface area (Å²) in [5.74, 6) is 2.13.